The first-order chi connectivity index (χ1) is 15.4. The fraction of sp³-hybridized carbons (Fsp3) is 0.0952. The van der Waals surface area contributed by atoms with E-state index in [2.05, 4.69) is 30.6 Å². The molecule has 0 unspecified atom stereocenters. The number of nitrogens with zero attached hydrogens (tertiary/aromatic N) is 5. The number of anilines is 3. The molecule has 0 aliphatic heterocycles. The van der Waals surface area contributed by atoms with Gasteiger partial charge in [0, 0.05) is 48.6 Å². The lowest BCUT2D eigenvalue weighted by molar-refractivity contribution is 0.0696. The van der Waals surface area contributed by atoms with Crippen molar-refractivity contribution in [1.82, 2.24) is 24.5 Å². The van der Waals surface area contributed by atoms with Crippen LogP contribution in [0.5, 0.6) is 0 Å². The number of hydrogen-bond donors (Lipinski definition) is 3. The van der Waals surface area contributed by atoms with E-state index in [4.69, 9.17) is 11.6 Å². The van der Waals surface area contributed by atoms with Crippen molar-refractivity contribution < 1.29 is 14.3 Å². The number of rotatable bonds is 7. The van der Waals surface area contributed by atoms with E-state index in [0.29, 0.717) is 29.2 Å². The Morgan fingerprint density at radius 2 is 2.03 bits per heavy atom. The molecule has 0 spiro atoms. The molecule has 11 heteroatoms. The van der Waals surface area contributed by atoms with Gasteiger partial charge in [-0.05, 0) is 24.3 Å². The van der Waals surface area contributed by atoms with Gasteiger partial charge in [0.05, 0.1) is 29.2 Å². The lowest BCUT2D eigenvalue weighted by atomic mass is 10.1. The highest BCUT2D eigenvalue weighted by Gasteiger charge is 2.14. The van der Waals surface area contributed by atoms with Gasteiger partial charge in [0.1, 0.15) is 11.6 Å². The molecule has 4 rings (SSSR count). The number of aromatic nitrogens is 5. The lowest BCUT2D eigenvalue weighted by Gasteiger charge is -2.14. The van der Waals surface area contributed by atoms with E-state index in [1.54, 1.807) is 18.7 Å². The Morgan fingerprint density at radius 1 is 1.19 bits per heavy atom. The zero-order valence-electron chi connectivity index (χ0n) is 16.8. The SMILES string of the molecule is Cn1cncc1CNc1nc(Nc2ccc(F)c(Cl)c2)ncc1-c1cncc(C(=O)O)c1. The van der Waals surface area contributed by atoms with Crippen molar-refractivity contribution in [2.45, 2.75) is 6.54 Å². The number of carboxylic acid groups (broad SMARTS) is 1. The summed E-state index contributed by atoms with van der Waals surface area (Å²) in [5, 5.41) is 15.5. The monoisotopic (exact) mass is 453 g/mol. The molecule has 0 amide bonds. The van der Waals surface area contributed by atoms with Crippen LogP contribution in [0.4, 0.5) is 21.8 Å². The van der Waals surface area contributed by atoms with E-state index in [9.17, 15) is 14.3 Å². The normalized spacial score (nSPS) is 10.7. The van der Waals surface area contributed by atoms with Crippen molar-refractivity contribution in [3.8, 4) is 11.1 Å². The number of nitrogens with one attached hydrogen (secondary N) is 2. The Balaban J connectivity index is 1.69. The van der Waals surface area contributed by atoms with Gasteiger partial charge >= 0.3 is 5.97 Å². The maximum Gasteiger partial charge on any atom is 0.337 e. The summed E-state index contributed by atoms with van der Waals surface area (Å²) < 4.78 is 15.3. The number of benzene rings is 1. The highest BCUT2D eigenvalue weighted by molar-refractivity contribution is 6.31. The van der Waals surface area contributed by atoms with Crippen molar-refractivity contribution in [2.75, 3.05) is 10.6 Å². The molecule has 3 aromatic heterocycles. The molecule has 9 nitrogen and oxygen atoms in total. The van der Waals surface area contributed by atoms with Crippen LogP contribution in [0.2, 0.25) is 5.02 Å². The molecule has 3 heterocycles. The number of pyridine rings is 1. The second-order valence-electron chi connectivity index (χ2n) is 6.83. The minimum Gasteiger partial charge on any atom is -0.478 e. The zero-order chi connectivity index (χ0) is 22.7. The van der Waals surface area contributed by atoms with Crippen LogP contribution in [0.25, 0.3) is 11.1 Å². The van der Waals surface area contributed by atoms with Crippen LogP contribution >= 0.6 is 11.6 Å². The van der Waals surface area contributed by atoms with Crippen molar-refractivity contribution >= 4 is 35.0 Å². The van der Waals surface area contributed by atoms with E-state index >= 15 is 0 Å². The Morgan fingerprint density at radius 3 is 2.75 bits per heavy atom. The highest BCUT2D eigenvalue weighted by atomic mass is 35.5. The molecule has 3 N–H and O–H groups in total. The first kappa shape index (κ1) is 21.2. The average molecular weight is 454 g/mol. The quantitative estimate of drug-likeness (QED) is 0.382. The average Bonchev–Trinajstić information content (AvgIpc) is 3.19. The fourth-order valence-electron chi connectivity index (χ4n) is 2.92. The molecule has 0 radical (unpaired) electrons. The van der Waals surface area contributed by atoms with Crippen molar-refractivity contribution in [3.05, 3.63) is 77.5 Å². The van der Waals surface area contributed by atoms with Gasteiger partial charge in [-0.1, -0.05) is 11.6 Å². The second kappa shape index (κ2) is 8.98. The van der Waals surface area contributed by atoms with Gasteiger partial charge in [-0.2, -0.15) is 4.98 Å². The molecule has 0 saturated heterocycles. The number of aryl methyl sites for hydroxylation is 1. The molecule has 162 valence electrons. The fourth-order valence-corrected chi connectivity index (χ4v) is 3.11. The van der Waals surface area contributed by atoms with Gasteiger partial charge in [0.25, 0.3) is 0 Å². The minimum absolute atomic E-state index is 0.0299. The maximum atomic E-state index is 13.4. The van der Waals surface area contributed by atoms with Crippen LogP contribution < -0.4 is 10.6 Å². The summed E-state index contributed by atoms with van der Waals surface area (Å²) in [6, 6.07) is 5.68. The van der Waals surface area contributed by atoms with Crippen LogP contribution in [0.1, 0.15) is 16.1 Å². The number of carbonyl (C=O) groups is 1. The molecule has 0 bridgehead atoms. The van der Waals surface area contributed by atoms with Gasteiger partial charge in [0.15, 0.2) is 0 Å². The zero-order valence-corrected chi connectivity index (χ0v) is 17.5. The van der Waals surface area contributed by atoms with Crippen LogP contribution in [0, 0.1) is 5.82 Å². The molecule has 1 aromatic carbocycles. The first-order valence-corrected chi connectivity index (χ1v) is 9.75. The van der Waals surface area contributed by atoms with Crippen LogP contribution in [-0.4, -0.2) is 35.6 Å². The summed E-state index contributed by atoms with van der Waals surface area (Å²) in [6.45, 7) is 0.411. The second-order valence-corrected chi connectivity index (χ2v) is 7.23. The number of carboxylic acids is 1. The van der Waals surface area contributed by atoms with E-state index in [-0.39, 0.29) is 16.5 Å². The lowest BCUT2D eigenvalue weighted by Crippen LogP contribution is -2.09. The molecule has 0 fully saturated rings. The van der Waals surface area contributed by atoms with E-state index in [1.165, 1.54) is 36.7 Å². The number of imidazole rings is 1. The Bertz CT molecular complexity index is 1290. The molecule has 4 aromatic rings. The molecule has 32 heavy (non-hydrogen) atoms. The van der Waals surface area contributed by atoms with Crippen molar-refractivity contribution in [1.29, 1.82) is 0 Å². The minimum atomic E-state index is -1.09. The number of aromatic carboxylic acids is 1. The summed E-state index contributed by atoms with van der Waals surface area (Å²) in [4.78, 5) is 28.3. The summed E-state index contributed by atoms with van der Waals surface area (Å²) in [5.41, 5.74) is 2.56. The summed E-state index contributed by atoms with van der Waals surface area (Å²) in [6.07, 6.45) is 7.76. The molecule has 0 aliphatic rings. The highest BCUT2D eigenvalue weighted by Crippen LogP contribution is 2.29. The summed E-state index contributed by atoms with van der Waals surface area (Å²) >= 11 is 5.85. The summed E-state index contributed by atoms with van der Waals surface area (Å²) in [7, 11) is 1.87. The van der Waals surface area contributed by atoms with E-state index in [0.717, 1.165) is 5.69 Å². The summed E-state index contributed by atoms with van der Waals surface area (Å²) in [5.74, 6) is -0.929. The topological polar surface area (TPSA) is 118 Å². The van der Waals surface area contributed by atoms with Crippen LogP contribution in [-0.2, 0) is 13.6 Å². The third-order valence-electron chi connectivity index (χ3n) is 4.61. The molecular formula is C21H17ClFN7O2. The molecule has 0 saturated carbocycles. The largest absolute Gasteiger partial charge is 0.478 e. The number of hydrogen-bond acceptors (Lipinski definition) is 7. The van der Waals surface area contributed by atoms with E-state index in [1.807, 2.05) is 11.6 Å². The van der Waals surface area contributed by atoms with E-state index < -0.39 is 11.8 Å². The molecule has 0 aliphatic carbocycles. The Labute approximate surface area is 187 Å². The predicted molar refractivity (Wildman–Crippen MR) is 117 cm³/mol. The van der Waals surface area contributed by atoms with Crippen molar-refractivity contribution in [3.63, 3.8) is 0 Å². The van der Waals surface area contributed by atoms with Crippen LogP contribution in [0.3, 0.4) is 0 Å². The van der Waals surface area contributed by atoms with Crippen molar-refractivity contribution in [2.24, 2.45) is 7.05 Å². The van der Waals surface area contributed by atoms with Gasteiger partial charge in [-0.15, -0.1) is 0 Å². The number of halogens is 2. The molecule has 0 atom stereocenters. The standard InChI is InChI=1S/C21H17ClFN7O2/c1-30-11-25-8-15(30)9-26-19-16(12-4-13(20(31)32)7-24-6-12)10-27-21(29-19)28-14-2-3-18(23)17(22)5-14/h2-8,10-11H,9H2,1H3,(H,31,32)(H2,26,27,28,29). The first-order valence-electron chi connectivity index (χ1n) is 9.37. The van der Waals surface area contributed by atoms with Gasteiger partial charge in [-0.25, -0.2) is 19.2 Å². The third-order valence-corrected chi connectivity index (χ3v) is 4.90. The van der Waals surface area contributed by atoms with Gasteiger partial charge < -0.3 is 20.3 Å². The van der Waals surface area contributed by atoms with Gasteiger partial charge in [0.2, 0.25) is 5.95 Å². The smallest absolute Gasteiger partial charge is 0.337 e. The Hall–Kier alpha value is -4.05. The molecular weight excluding hydrogens is 437 g/mol. The maximum absolute atomic E-state index is 13.4. The predicted octanol–water partition coefficient (Wildman–Crippen LogP) is 4.12. The van der Waals surface area contributed by atoms with Gasteiger partial charge in [-0.3, -0.25) is 4.98 Å². The third kappa shape index (κ3) is 4.65. The Kier molecular flexibility index (Phi) is 5.95. The van der Waals surface area contributed by atoms with Crippen LogP contribution in [0.15, 0.2) is 55.4 Å².